The van der Waals surface area contributed by atoms with E-state index >= 15 is 0 Å². The first-order valence-electron chi connectivity index (χ1n) is 17.9. The summed E-state index contributed by atoms with van der Waals surface area (Å²) < 4.78 is 2.37. The molecule has 0 amide bonds. The fourth-order valence-corrected chi connectivity index (χ4v) is 7.90. The molecule has 10 rings (SSSR count). The lowest BCUT2D eigenvalue weighted by atomic mass is 9.99. The highest BCUT2D eigenvalue weighted by atomic mass is 15.1. The molecule has 0 aliphatic rings. The first-order chi connectivity index (χ1) is 25.8. The monoisotopic (exact) mass is 662 g/mol. The maximum atomic E-state index is 2.39. The average molecular weight is 663 g/mol. The molecule has 0 saturated heterocycles. The van der Waals surface area contributed by atoms with Crippen molar-refractivity contribution in [2.75, 3.05) is 4.90 Å². The molecule has 10 aromatic rings. The summed E-state index contributed by atoms with van der Waals surface area (Å²) >= 11 is 0. The Kier molecular flexibility index (Phi) is 7.18. The SMILES string of the molecule is c1ccc(-c2ccccc2N(c2ccc(-c3ccc(-n4c5ccccc5c5ccccc54)cc3)cc2)c2ccc3c(ccc4ccccc43)c2)cc1. The van der Waals surface area contributed by atoms with Crippen LogP contribution in [0.3, 0.4) is 0 Å². The summed E-state index contributed by atoms with van der Waals surface area (Å²) in [7, 11) is 0. The van der Waals surface area contributed by atoms with E-state index in [4.69, 9.17) is 0 Å². The molecule has 0 spiro atoms. The molecule has 2 nitrogen and oxygen atoms in total. The second kappa shape index (κ2) is 12.5. The molecule has 0 unspecified atom stereocenters. The second-order valence-corrected chi connectivity index (χ2v) is 13.4. The largest absolute Gasteiger partial charge is 0.310 e. The number of fused-ring (bicyclic) bond motifs is 6. The Hall–Kier alpha value is -6.90. The summed E-state index contributed by atoms with van der Waals surface area (Å²) in [5.41, 5.74) is 11.7. The Morgan fingerprint density at radius 3 is 1.60 bits per heavy atom. The fourth-order valence-electron chi connectivity index (χ4n) is 7.90. The molecule has 1 aromatic heterocycles. The van der Waals surface area contributed by atoms with Crippen molar-refractivity contribution < 1.29 is 0 Å². The summed E-state index contributed by atoms with van der Waals surface area (Å²) in [6.45, 7) is 0. The zero-order valence-corrected chi connectivity index (χ0v) is 28.5. The molecule has 1 heterocycles. The van der Waals surface area contributed by atoms with Crippen LogP contribution in [0.25, 0.3) is 71.3 Å². The van der Waals surface area contributed by atoms with E-state index in [0.29, 0.717) is 0 Å². The van der Waals surface area contributed by atoms with Gasteiger partial charge in [0.15, 0.2) is 0 Å². The van der Waals surface area contributed by atoms with Crippen molar-refractivity contribution in [1.29, 1.82) is 0 Å². The van der Waals surface area contributed by atoms with Crippen LogP contribution < -0.4 is 4.90 Å². The van der Waals surface area contributed by atoms with Crippen LogP contribution in [0.4, 0.5) is 17.1 Å². The number of hydrogen-bond acceptors (Lipinski definition) is 1. The van der Waals surface area contributed by atoms with Gasteiger partial charge in [0.05, 0.1) is 16.7 Å². The van der Waals surface area contributed by atoms with E-state index in [-0.39, 0.29) is 0 Å². The zero-order chi connectivity index (χ0) is 34.4. The smallest absolute Gasteiger partial charge is 0.0541 e. The normalized spacial score (nSPS) is 11.5. The van der Waals surface area contributed by atoms with Crippen molar-refractivity contribution >= 4 is 60.4 Å². The average Bonchev–Trinajstić information content (AvgIpc) is 3.56. The van der Waals surface area contributed by atoms with Gasteiger partial charge in [-0.25, -0.2) is 0 Å². The molecule has 0 bridgehead atoms. The number of para-hydroxylation sites is 3. The molecule has 0 fully saturated rings. The van der Waals surface area contributed by atoms with Crippen molar-refractivity contribution in [3.05, 3.63) is 206 Å². The predicted molar refractivity (Wildman–Crippen MR) is 221 cm³/mol. The molecule has 0 radical (unpaired) electrons. The summed E-state index contributed by atoms with van der Waals surface area (Å²) in [6, 6.07) is 74.6. The van der Waals surface area contributed by atoms with Gasteiger partial charge < -0.3 is 9.47 Å². The maximum Gasteiger partial charge on any atom is 0.0541 e. The molecule has 0 aliphatic carbocycles. The quantitative estimate of drug-likeness (QED) is 0.161. The molecule has 0 atom stereocenters. The summed E-state index contributed by atoms with van der Waals surface area (Å²) in [5.74, 6) is 0. The molecule has 0 saturated carbocycles. The van der Waals surface area contributed by atoms with Crippen LogP contribution in [-0.4, -0.2) is 4.57 Å². The topological polar surface area (TPSA) is 8.17 Å². The van der Waals surface area contributed by atoms with Crippen molar-refractivity contribution in [1.82, 2.24) is 4.57 Å². The van der Waals surface area contributed by atoms with Gasteiger partial charge in [0.2, 0.25) is 0 Å². The lowest BCUT2D eigenvalue weighted by Crippen LogP contribution is -2.11. The predicted octanol–water partition coefficient (Wildman–Crippen LogP) is 13.9. The van der Waals surface area contributed by atoms with E-state index in [0.717, 1.165) is 22.7 Å². The third kappa shape index (κ3) is 5.04. The highest BCUT2D eigenvalue weighted by molar-refractivity contribution is 6.10. The van der Waals surface area contributed by atoms with Crippen molar-refractivity contribution in [3.63, 3.8) is 0 Å². The van der Waals surface area contributed by atoms with Gasteiger partial charge in [-0.3, -0.25) is 0 Å². The molecule has 0 N–H and O–H groups in total. The number of aromatic nitrogens is 1. The van der Waals surface area contributed by atoms with Gasteiger partial charge in [0.1, 0.15) is 0 Å². The van der Waals surface area contributed by atoms with Gasteiger partial charge in [-0.1, -0.05) is 152 Å². The van der Waals surface area contributed by atoms with Gasteiger partial charge in [-0.2, -0.15) is 0 Å². The Morgan fingerprint density at radius 1 is 0.327 bits per heavy atom. The minimum absolute atomic E-state index is 1.11. The Balaban J connectivity index is 1.06. The summed E-state index contributed by atoms with van der Waals surface area (Å²) in [6.07, 6.45) is 0. The minimum atomic E-state index is 1.11. The van der Waals surface area contributed by atoms with E-state index in [1.807, 2.05) is 0 Å². The van der Waals surface area contributed by atoms with E-state index in [1.54, 1.807) is 0 Å². The maximum absolute atomic E-state index is 2.39. The highest BCUT2D eigenvalue weighted by Gasteiger charge is 2.18. The van der Waals surface area contributed by atoms with Crippen LogP contribution in [0.1, 0.15) is 0 Å². The zero-order valence-electron chi connectivity index (χ0n) is 28.5. The lowest BCUT2D eigenvalue weighted by molar-refractivity contribution is 1.18. The van der Waals surface area contributed by atoms with E-state index in [2.05, 4.69) is 216 Å². The van der Waals surface area contributed by atoms with Crippen molar-refractivity contribution in [2.45, 2.75) is 0 Å². The van der Waals surface area contributed by atoms with Gasteiger partial charge in [0, 0.05) is 33.4 Å². The number of hydrogen-bond donors (Lipinski definition) is 0. The first kappa shape index (κ1) is 30.0. The summed E-state index contributed by atoms with van der Waals surface area (Å²) in [4.78, 5) is 2.39. The molecular weight excluding hydrogens is 629 g/mol. The molecule has 0 aliphatic heterocycles. The highest BCUT2D eigenvalue weighted by Crippen LogP contribution is 2.43. The van der Waals surface area contributed by atoms with Gasteiger partial charge in [0.25, 0.3) is 0 Å². The number of benzene rings is 9. The van der Waals surface area contributed by atoms with Crippen LogP contribution in [0.2, 0.25) is 0 Å². The molecule has 52 heavy (non-hydrogen) atoms. The van der Waals surface area contributed by atoms with E-state index in [1.165, 1.54) is 65.6 Å². The lowest BCUT2D eigenvalue weighted by Gasteiger charge is -2.28. The van der Waals surface area contributed by atoms with Crippen molar-refractivity contribution in [2.24, 2.45) is 0 Å². The van der Waals surface area contributed by atoms with Crippen LogP contribution >= 0.6 is 0 Å². The second-order valence-electron chi connectivity index (χ2n) is 13.4. The molecule has 2 heteroatoms. The first-order valence-corrected chi connectivity index (χ1v) is 17.9. The number of nitrogens with zero attached hydrogens (tertiary/aromatic N) is 2. The standard InChI is InChI=1S/C50H34N2/c1-2-12-37(13-3-1)45-16-6-9-19-48(45)51(42-32-33-44-39(34-42)23-22-38-14-4-5-15-43(38)44)40-28-24-35(25-29-40)36-26-30-41(31-27-36)52-49-20-10-7-17-46(49)47-18-8-11-21-50(47)52/h1-34H. The number of rotatable bonds is 6. The molecule has 9 aromatic carbocycles. The number of anilines is 3. The van der Waals surface area contributed by atoms with Gasteiger partial charge >= 0.3 is 0 Å². The third-order valence-electron chi connectivity index (χ3n) is 10.4. The van der Waals surface area contributed by atoms with Crippen molar-refractivity contribution in [3.8, 4) is 27.9 Å². The van der Waals surface area contributed by atoms with Gasteiger partial charge in [-0.15, -0.1) is 0 Å². The molecule has 244 valence electrons. The van der Waals surface area contributed by atoms with Crippen LogP contribution in [-0.2, 0) is 0 Å². The Labute approximate surface area is 303 Å². The van der Waals surface area contributed by atoms with E-state index in [9.17, 15) is 0 Å². The minimum Gasteiger partial charge on any atom is -0.310 e. The Morgan fingerprint density at radius 2 is 0.865 bits per heavy atom. The van der Waals surface area contributed by atoms with Gasteiger partial charge in [-0.05, 0) is 92.8 Å². The fraction of sp³-hybridized carbons (Fsp3) is 0. The summed E-state index contributed by atoms with van der Waals surface area (Å²) in [5, 5.41) is 7.56. The third-order valence-corrected chi connectivity index (χ3v) is 10.4. The van der Waals surface area contributed by atoms with Crippen LogP contribution in [0.15, 0.2) is 206 Å². The van der Waals surface area contributed by atoms with Crippen LogP contribution in [0.5, 0.6) is 0 Å². The van der Waals surface area contributed by atoms with E-state index < -0.39 is 0 Å². The molecular formula is C50H34N2. The Bertz CT molecular complexity index is 2830. The van der Waals surface area contributed by atoms with Crippen LogP contribution in [0, 0.1) is 0 Å².